The first kappa shape index (κ1) is 17.9. The molecule has 0 unspecified atom stereocenters. The Morgan fingerprint density at radius 1 is 0.793 bits per heavy atom. The van der Waals surface area contributed by atoms with Crippen LogP contribution in [0.1, 0.15) is 39.4 Å². The van der Waals surface area contributed by atoms with Gasteiger partial charge < -0.3 is 9.80 Å². The molecule has 0 spiro atoms. The molecule has 1 aromatic heterocycles. The highest BCUT2D eigenvalue weighted by Crippen LogP contribution is 2.21. The molecular weight excluding hydrogens is 364 g/mol. The zero-order chi connectivity index (χ0) is 19.8. The van der Waals surface area contributed by atoms with E-state index in [0.29, 0.717) is 31.9 Å². The van der Waals surface area contributed by atoms with Crippen LogP contribution in [-0.4, -0.2) is 57.6 Å². The summed E-state index contributed by atoms with van der Waals surface area (Å²) >= 11 is 0. The number of hydrogen-bond donors (Lipinski definition) is 0. The fraction of sp³-hybridized carbons (Fsp3) is 0.348. The molecule has 0 N–H and O–H groups in total. The lowest BCUT2D eigenvalue weighted by molar-refractivity contribution is 0.0533. The number of carbonyl (C=O) groups is 2. The third kappa shape index (κ3) is 3.28. The Morgan fingerprint density at radius 2 is 1.52 bits per heavy atom. The summed E-state index contributed by atoms with van der Waals surface area (Å²) in [6.07, 6.45) is 3.28. The fourth-order valence-corrected chi connectivity index (χ4v) is 4.38. The van der Waals surface area contributed by atoms with Crippen LogP contribution in [0.15, 0.2) is 48.5 Å². The first-order chi connectivity index (χ1) is 14.2. The molecule has 0 radical (unpaired) electrons. The van der Waals surface area contributed by atoms with Gasteiger partial charge in [-0.1, -0.05) is 36.4 Å². The van der Waals surface area contributed by atoms with Crippen LogP contribution in [0.5, 0.6) is 0 Å². The third-order valence-corrected chi connectivity index (χ3v) is 6.01. The summed E-state index contributed by atoms with van der Waals surface area (Å²) < 4.78 is 1.97. The van der Waals surface area contributed by atoms with E-state index in [1.807, 2.05) is 63.0 Å². The molecule has 0 saturated carbocycles. The molecule has 2 aliphatic heterocycles. The Kier molecular flexibility index (Phi) is 4.54. The van der Waals surface area contributed by atoms with Gasteiger partial charge in [0.05, 0.1) is 0 Å². The lowest BCUT2D eigenvalue weighted by Crippen LogP contribution is -2.50. The second kappa shape index (κ2) is 7.35. The van der Waals surface area contributed by atoms with Gasteiger partial charge >= 0.3 is 0 Å². The number of aromatic nitrogens is 2. The van der Waals surface area contributed by atoms with Crippen LogP contribution in [0.25, 0.3) is 10.8 Å². The Balaban J connectivity index is 1.28. The monoisotopic (exact) mass is 388 g/mol. The highest BCUT2D eigenvalue weighted by Gasteiger charge is 2.28. The van der Waals surface area contributed by atoms with Crippen LogP contribution in [-0.2, 0) is 13.0 Å². The number of amides is 2. The van der Waals surface area contributed by atoms with Crippen molar-refractivity contribution < 1.29 is 9.59 Å². The second-order valence-corrected chi connectivity index (χ2v) is 7.81. The van der Waals surface area contributed by atoms with Gasteiger partial charge in [0.15, 0.2) is 5.69 Å². The number of benzene rings is 2. The number of rotatable bonds is 2. The normalized spacial score (nSPS) is 16.7. The van der Waals surface area contributed by atoms with Crippen LogP contribution >= 0.6 is 0 Å². The average Bonchev–Trinajstić information content (AvgIpc) is 3.22. The van der Waals surface area contributed by atoms with E-state index in [1.165, 1.54) is 0 Å². The standard InChI is InChI=1S/C23H24N4O2/c28-22(20-10-5-7-17-6-1-2-9-19(17)20)25-12-14-26(15-13-25)23(29)21-16-18-8-3-4-11-27(18)24-21/h1-2,5-7,9-10,16H,3-4,8,11-15H2. The molecule has 5 rings (SSSR count). The highest BCUT2D eigenvalue weighted by molar-refractivity contribution is 6.07. The zero-order valence-corrected chi connectivity index (χ0v) is 16.4. The van der Waals surface area contributed by atoms with Crippen molar-refractivity contribution in [1.82, 2.24) is 19.6 Å². The van der Waals surface area contributed by atoms with Gasteiger partial charge in [0.25, 0.3) is 11.8 Å². The van der Waals surface area contributed by atoms with Crippen molar-refractivity contribution in [3.05, 3.63) is 65.5 Å². The molecule has 2 aliphatic rings. The zero-order valence-electron chi connectivity index (χ0n) is 16.4. The number of fused-ring (bicyclic) bond motifs is 2. The second-order valence-electron chi connectivity index (χ2n) is 7.81. The van der Waals surface area contributed by atoms with E-state index in [0.717, 1.165) is 47.8 Å². The van der Waals surface area contributed by atoms with Crippen molar-refractivity contribution in [3.63, 3.8) is 0 Å². The quantitative estimate of drug-likeness (QED) is 0.678. The van der Waals surface area contributed by atoms with Crippen LogP contribution in [0.4, 0.5) is 0 Å². The van der Waals surface area contributed by atoms with E-state index in [2.05, 4.69) is 5.10 Å². The maximum atomic E-state index is 13.1. The fourth-order valence-electron chi connectivity index (χ4n) is 4.38. The lowest BCUT2D eigenvalue weighted by Gasteiger charge is -2.34. The number of aryl methyl sites for hydroxylation is 2. The molecular formula is C23H24N4O2. The van der Waals surface area contributed by atoms with Crippen molar-refractivity contribution >= 4 is 22.6 Å². The highest BCUT2D eigenvalue weighted by atomic mass is 16.2. The Labute approximate surface area is 169 Å². The molecule has 6 heteroatoms. The van der Waals surface area contributed by atoms with E-state index in [4.69, 9.17) is 0 Å². The van der Waals surface area contributed by atoms with Crippen molar-refractivity contribution in [2.24, 2.45) is 0 Å². The minimum absolute atomic E-state index is 0.0239. The first-order valence-corrected chi connectivity index (χ1v) is 10.3. The van der Waals surface area contributed by atoms with Gasteiger partial charge in [-0.2, -0.15) is 5.10 Å². The van der Waals surface area contributed by atoms with Crippen LogP contribution in [0, 0.1) is 0 Å². The Morgan fingerprint density at radius 3 is 2.31 bits per heavy atom. The molecule has 2 amide bonds. The van der Waals surface area contributed by atoms with Gasteiger partial charge in [0, 0.05) is 44.0 Å². The minimum atomic E-state index is -0.0239. The predicted octanol–water partition coefficient (Wildman–Crippen LogP) is 2.97. The lowest BCUT2D eigenvalue weighted by atomic mass is 10.0. The van der Waals surface area contributed by atoms with Gasteiger partial charge in [-0.3, -0.25) is 14.3 Å². The van der Waals surface area contributed by atoms with Crippen molar-refractivity contribution in [2.75, 3.05) is 26.2 Å². The topological polar surface area (TPSA) is 58.4 Å². The Hall–Kier alpha value is -3.15. The van der Waals surface area contributed by atoms with Gasteiger partial charge in [-0.05, 0) is 42.2 Å². The molecule has 148 valence electrons. The largest absolute Gasteiger partial charge is 0.335 e. The summed E-state index contributed by atoms with van der Waals surface area (Å²) in [5.41, 5.74) is 2.42. The van der Waals surface area contributed by atoms with E-state index >= 15 is 0 Å². The van der Waals surface area contributed by atoms with E-state index < -0.39 is 0 Å². The van der Waals surface area contributed by atoms with Gasteiger partial charge in [-0.25, -0.2) is 0 Å². The smallest absolute Gasteiger partial charge is 0.274 e. The predicted molar refractivity (Wildman–Crippen MR) is 111 cm³/mol. The summed E-state index contributed by atoms with van der Waals surface area (Å²) in [7, 11) is 0. The minimum Gasteiger partial charge on any atom is -0.335 e. The molecule has 1 fully saturated rings. The third-order valence-electron chi connectivity index (χ3n) is 6.01. The van der Waals surface area contributed by atoms with Crippen LogP contribution < -0.4 is 0 Å². The van der Waals surface area contributed by atoms with E-state index in [1.54, 1.807) is 0 Å². The average molecular weight is 388 g/mol. The summed E-state index contributed by atoms with van der Waals surface area (Å²) in [5.74, 6) is 0.00974. The Bertz CT molecular complexity index is 1050. The van der Waals surface area contributed by atoms with Crippen molar-refractivity contribution in [2.45, 2.75) is 25.8 Å². The first-order valence-electron chi connectivity index (χ1n) is 10.3. The molecule has 0 atom stereocenters. The molecule has 2 aromatic carbocycles. The molecule has 0 bridgehead atoms. The van der Waals surface area contributed by atoms with E-state index in [-0.39, 0.29) is 11.8 Å². The molecule has 6 nitrogen and oxygen atoms in total. The number of hydrogen-bond acceptors (Lipinski definition) is 3. The number of piperazine rings is 1. The molecule has 29 heavy (non-hydrogen) atoms. The van der Waals surface area contributed by atoms with Crippen molar-refractivity contribution in [1.29, 1.82) is 0 Å². The molecule has 0 aliphatic carbocycles. The SMILES string of the molecule is O=C(c1cc2n(n1)CCCC2)N1CCN(C(=O)c2cccc3ccccc23)CC1. The summed E-state index contributed by atoms with van der Waals surface area (Å²) in [6, 6.07) is 15.7. The van der Waals surface area contributed by atoms with Crippen LogP contribution in [0.2, 0.25) is 0 Å². The molecule has 1 saturated heterocycles. The van der Waals surface area contributed by atoms with Gasteiger partial charge in [0.2, 0.25) is 0 Å². The number of nitrogens with zero attached hydrogens (tertiary/aromatic N) is 4. The maximum absolute atomic E-state index is 13.1. The van der Waals surface area contributed by atoms with Gasteiger partial charge in [0.1, 0.15) is 0 Å². The number of carbonyl (C=O) groups excluding carboxylic acids is 2. The van der Waals surface area contributed by atoms with Gasteiger partial charge in [-0.15, -0.1) is 0 Å². The maximum Gasteiger partial charge on any atom is 0.274 e. The van der Waals surface area contributed by atoms with Crippen molar-refractivity contribution in [3.8, 4) is 0 Å². The van der Waals surface area contributed by atoms with E-state index in [9.17, 15) is 9.59 Å². The summed E-state index contributed by atoms with van der Waals surface area (Å²) in [5, 5.41) is 6.55. The molecule has 3 heterocycles. The summed E-state index contributed by atoms with van der Waals surface area (Å²) in [6.45, 7) is 3.06. The van der Waals surface area contributed by atoms with Crippen LogP contribution in [0.3, 0.4) is 0 Å². The summed E-state index contributed by atoms with van der Waals surface area (Å²) in [4.78, 5) is 29.7. The molecule has 3 aromatic rings.